The predicted octanol–water partition coefficient (Wildman–Crippen LogP) is 7.16. The quantitative estimate of drug-likeness (QED) is 0.104. The number of halogens is 8. The van der Waals surface area contributed by atoms with Crippen molar-refractivity contribution in [3.63, 3.8) is 0 Å². The summed E-state index contributed by atoms with van der Waals surface area (Å²) in [7, 11) is -0.582. The van der Waals surface area contributed by atoms with Gasteiger partial charge in [-0.3, -0.25) is 0 Å². The molecule has 0 amide bonds. The molecule has 148 valence electrons. The van der Waals surface area contributed by atoms with Gasteiger partial charge < -0.3 is 9.05 Å². The standard InChI is InChI=1S/C10H23O2P.C3F7I/c1-4-7-9-11-13(6-3)12-10-8-5-2;4-1(5,2(6,7)8)3(9,10)11/h4-10H2,1-3H3;. The molecule has 24 heavy (non-hydrogen) atoms. The van der Waals surface area contributed by atoms with Crippen LogP contribution in [0.25, 0.3) is 0 Å². The first-order valence-electron chi connectivity index (χ1n) is 7.39. The van der Waals surface area contributed by atoms with E-state index in [2.05, 4.69) is 20.8 Å². The summed E-state index contributed by atoms with van der Waals surface area (Å²) in [5, 5.41) is 0. The molecule has 0 saturated heterocycles. The first kappa shape index (κ1) is 26.8. The van der Waals surface area contributed by atoms with Gasteiger partial charge in [-0.15, -0.1) is 0 Å². The zero-order valence-corrected chi connectivity index (χ0v) is 16.8. The van der Waals surface area contributed by atoms with E-state index in [9.17, 15) is 30.7 Å². The van der Waals surface area contributed by atoms with Crippen LogP contribution in [-0.2, 0) is 9.05 Å². The molecule has 0 bridgehead atoms. The molecule has 0 aromatic carbocycles. The van der Waals surface area contributed by atoms with Crippen LogP contribution in [-0.4, -0.2) is 35.4 Å². The van der Waals surface area contributed by atoms with E-state index in [0.29, 0.717) is 0 Å². The third kappa shape index (κ3) is 11.3. The molecule has 0 aliphatic carbocycles. The number of unbranched alkanes of at least 4 members (excludes halogenated alkanes) is 2. The van der Waals surface area contributed by atoms with Gasteiger partial charge in [-0.05, 0) is 12.8 Å². The van der Waals surface area contributed by atoms with E-state index in [0.717, 1.165) is 32.2 Å². The highest BCUT2D eigenvalue weighted by Crippen LogP contribution is 2.49. The number of hydrogen-bond acceptors (Lipinski definition) is 2. The van der Waals surface area contributed by atoms with Gasteiger partial charge in [0.1, 0.15) is 0 Å². The van der Waals surface area contributed by atoms with Crippen LogP contribution in [0.15, 0.2) is 0 Å². The highest BCUT2D eigenvalue weighted by Gasteiger charge is 2.72. The summed E-state index contributed by atoms with van der Waals surface area (Å²) >= 11 is -0.259. The van der Waals surface area contributed by atoms with Gasteiger partial charge in [0.2, 0.25) is 0 Å². The molecule has 0 atom stereocenters. The van der Waals surface area contributed by atoms with Gasteiger partial charge in [0.15, 0.2) is 8.38 Å². The van der Waals surface area contributed by atoms with Gasteiger partial charge >= 0.3 is 16.0 Å². The van der Waals surface area contributed by atoms with Crippen LogP contribution < -0.4 is 0 Å². The van der Waals surface area contributed by atoms with Crippen molar-refractivity contribution < 1.29 is 39.8 Å². The molecule has 0 fully saturated rings. The molecule has 0 aliphatic rings. The minimum absolute atomic E-state index is 0.259. The molecule has 0 unspecified atom stereocenters. The van der Waals surface area contributed by atoms with Crippen LogP contribution in [0, 0.1) is 0 Å². The molecule has 0 aliphatic heterocycles. The Bertz CT molecular complexity index is 286. The van der Waals surface area contributed by atoms with Gasteiger partial charge in [0.05, 0.1) is 13.2 Å². The molecular weight excluding hydrogens is 479 g/mol. The highest BCUT2D eigenvalue weighted by atomic mass is 127. The fourth-order valence-corrected chi connectivity index (χ4v) is 2.41. The number of hydrogen-bond donors (Lipinski definition) is 0. The lowest BCUT2D eigenvalue weighted by Gasteiger charge is -2.23. The Kier molecular flexibility index (Phi) is 14.4. The molecule has 0 rings (SSSR count). The van der Waals surface area contributed by atoms with Crippen molar-refractivity contribution in [2.24, 2.45) is 0 Å². The van der Waals surface area contributed by atoms with E-state index >= 15 is 0 Å². The van der Waals surface area contributed by atoms with Crippen molar-refractivity contribution >= 4 is 31.0 Å². The topological polar surface area (TPSA) is 18.5 Å². The van der Waals surface area contributed by atoms with Crippen LogP contribution in [0.4, 0.5) is 30.7 Å². The van der Waals surface area contributed by atoms with Crippen LogP contribution in [0.2, 0.25) is 0 Å². The Morgan fingerprint density at radius 2 is 1.17 bits per heavy atom. The Hall–Kier alpha value is 0.590. The third-order valence-corrected chi connectivity index (χ3v) is 4.57. The van der Waals surface area contributed by atoms with Crippen molar-refractivity contribution in [1.29, 1.82) is 0 Å². The summed E-state index contributed by atoms with van der Waals surface area (Å²) < 4.78 is 85.6. The largest absolute Gasteiger partial charge is 0.460 e. The van der Waals surface area contributed by atoms with Crippen molar-refractivity contribution in [1.82, 2.24) is 0 Å². The van der Waals surface area contributed by atoms with Crippen molar-refractivity contribution in [3.05, 3.63) is 0 Å². The Morgan fingerprint density at radius 3 is 1.33 bits per heavy atom. The van der Waals surface area contributed by atoms with E-state index in [1.807, 2.05) is 0 Å². The molecule has 11 heteroatoms. The second-order valence-electron chi connectivity index (χ2n) is 4.59. The van der Waals surface area contributed by atoms with Crippen LogP contribution in [0.3, 0.4) is 0 Å². The molecule has 0 saturated carbocycles. The lowest BCUT2D eigenvalue weighted by molar-refractivity contribution is -0.325. The lowest BCUT2D eigenvalue weighted by atomic mass is 10.3. The van der Waals surface area contributed by atoms with Crippen molar-refractivity contribution in [2.45, 2.75) is 62.5 Å². The zero-order valence-electron chi connectivity index (χ0n) is 13.7. The van der Waals surface area contributed by atoms with E-state index in [1.165, 1.54) is 12.8 Å². The average Bonchev–Trinajstić information content (AvgIpc) is 2.44. The summed E-state index contributed by atoms with van der Waals surface area (Å²) in [5.41, 5.74) is 0. The summed E-state index contributed by atoms with van der Waals surface area (Å²) in [5.74, 6) is -5.97. The maximum absolute atomic E-state index is 11.6. The third-order valence-electron chi connectivity index (χ3n) is 2.44. The van der Waals surface area contributed by atoms with Gasteiger partial charge in [-0.1, -0.05) is 33.6 Å². The fourth-order valence-electron chi connectivity index (χ4n) is 1.00. The first-order chi connectivity index (χ1) is 10.8. The van der Waals surface area contributed by atoms with Crippen LogP contribution in [0.5, 0.6) is 0 Å². The normalized spacial score (nSPS) is 13.0. The maximum atomic E-state index is 11.6. The summed E-state index contributed by atoms with van der Waals surface area (Å²) in [6.07, 6.45) is -0.504. The zero-order chi connectivity index (χ0) is 19.4. The minimum Gasteiger partial charge on any atom is -0.334 e. The Labute approximate surface area is 152 Å². The summed E-state index contributed by atoms with van der Waals surface area (Å²) in [6, 6.07) is 0. The molecule has 2 nitrogen and oxygen atoms in total. The minimum atomic E-state index is -6.21. The van der Waals surface area contributed by atoms with Crippen molar-refractivity contribution in [3.8, 4) is 0 Å². The summed E-state index contributed by atoms with van der Waals surface area (Å²) in [6.45, 7) is 8.21. The van der Waals surface area contributed by atoms with Gasteiger partial charge in [-0.25, -0.2) is 0 Å². The maximum Gasteiger partial charge on any atom is 0.460 e. The monoisotopic (exact) mass is 502 g/mol. The number of alkyl halides is 8. The fraction of sp³-hybridized carbons (Fsp3) is 1.00. The molecule has 0 radical (unpaired) electrons. The molecule has 0 N–H and O–H groups in total. The van der Waals surface area contributed by atoms with Gasteiger partial charge in [-0.2, -0.15) is 30.7 Å². The highest BCUT2D eigenvalue weighted by molar-refractivity contribution is 14.1. The number of rotatable bonds is 10. The van der Waals surface area contributed by atoms with Gasteiger partial charge in [0.25, 0.3) is 0 Å². The van der Waals surface area contributed by atoms with E-state index < -0.39 is 24.4 Å². The van der Waals surface area contributed by atoms with Crippen LogP contribution >= 0.6 is 31.0 Å². The SMILES string of the molecule is CCCCOP(CC)OCCCC.FC(F)(F)C(F)(F)C(F)(F)I. The van der Waals surface area contributed by atoms with E-state index in [4.69, 9.17) is 9.05 Å². The summed E-state index contributed by atoms with van der Waals surface area (Å²) in [4.78, 5) is 0. The van der Waals surface area contributed by atoms with Gasteiger partial charge in [0, 0.05) is 28.8 Å². The molecule has 0 spiro atoms. The average molecular weight is 502 g/mol. The van der Waals surface area contributed by atoms with Crippen molar-refractivity contribution in [2.75, 3.05) is 19.4 Å². The molecule has 0 aromatic heterocycles. The molecule has 0 aromatic rings. The smallest absolute Gasteiger partial charge is 0.334 e. The predicted molar refractivity (Wildman–Crippen MR) is 89.2 cm³/mol. The Morgan fingerprint density at radius 1 is 0.792 bits per heavy atom. The van der Waals surface area contributed by atoms with E-state index in [-0.39, 0.29) is 22.6 Å². The molecular formula is C13H23F7IO2P. The Balaban J connectivity index is 0. The first-order valence-corrected chi connectivity index (χ1v) is 9.83. The molecule has 0 heterocycles. The second kappa shape index (κ2) is 12.9. The van der Waals surface area contributed by atoms with E-state index in [1.54, 1.807) is 0 Å². The second-order valence-corrected chi connectivity index (χ2v) is 7.76. The lowest BCUT2D eigenvalue weighted by Crippen LogP contribution is -2.48. The van der Waals surface area contributed by atoms with Crippen LogP contribution in [0.1, 0.15) is 46.5 Å².